The van der Waals surface area contributed by atoms with E-state index in [4.69, 9.17) is 14.9 Å². The number of rotatable bonds is 4. The fraction of sp³-hybridized carbons (Fsp3) is 0.889. The Morgan fingerprint density at radius 1 is 1.64 bits per heavy atom. The van der Waals surface area contributed by atoms with Gasteiger partial charge < -0.3 is 20.1 Å². The average molecular weight is 204 g/mol. The molecule has 0 amide bonds. The van der Waals surface area contributed by atoms with Crippen LogP contribution in [0.4, 0.5) is 0 Å². The maximum atomic E-state index is 11.1. The lowest BCUT2D eigenvalue weighted by Gasteiger charge is -2.23. The number of ether oxygens (including phenoxy) is 1. The van der Waals surface area contributed by atoms with Crippen molar-refractivity contribution in [2.24, 2.45) is 5.92 Å². The van der Waals surface area contributed by atoms with Gasteiger partial charge in [-0.05, 0) is 13.3 Å². The second kappa shape index (κ2) is 3.84. The van der Waals surface area contributed by atoms with Crippen molar-refractivity contribution in [3.8, 4) is 0 Å². The molecule has 1 rings (SSSR count). The third kappa shape index (κ3) is 1.89. The predicted octanol–water partition coefficient (Wildman–Crippen LogP) is -0.958. The SMILES string of the molecule is CC(O)C(=O)OC1(C(O)CO)CC1C. The molecule has 82 valence electrons. The Balaban J connectivity index is 2.60. The van der Waals surface area contributed by atoms with E-state index < -0.39 is 30.4 Å². The number of carbonyl (C=O) groups excluding carboxylic acids is 1. The van der Waals surface area contributed by atoms with Gasteiger partial charge in [0.25, 0.3) is 0 Å². The van der Waals surface area contributed by atoms with Gasteiger partial charge in [0, 0.05) is 5.92 Å². The average Bonchev–Trinajstić information content (AvgIpc) is 2.76. The van der Waals surface area contributed by atoms with E-state index in [1.54, 1.807) is 0 Å². The first-order valence-electron chi connectivity index (χ1n) is 4.64. The second-order valence-electron chi connectivity index (χ2n) is 3.86. The lowest BCUT2D eigenvalue weighted by atomic mass is 10.1. The van der Waals surface area contributed by atoms with Crippen molar-refractivity contribution in [1.29, 1.82) is 0 Å². The van der Waals surface area contributed by atoms with Gasteiger partial charge in [0.05, 0.1) is 6.61 Å². The van der Waals surface area contributed by atoms with Gasteiger partial charge in [-0.15, -0.1) is 0 Å². The van der Waals surface area contributed by atoms with Crippen LogP contribution in [0.5, 0.6) is 0 Å². The van der Waals surface area contributed by atoms with E-state index in [1.165, 1.54) is 6.92 Å². The molecule has 0 aromatic rings. The van der Waals surface area contributed by atoms with Gasteiger partial charge >= 0.3 is 5.97 Å². The van der Waals surface area contributed by atoms with Crippen molar-refractivity contribution in [1.82, 2.24) is 0 Å². The maximum absolute atomic E-state index is 11.1. The van der Waals surface area contributed by atoms with Crippen LogP contribution in [0.1, 0.15) is 20.3 Å². The van der Waals surface area contributed by atoms with Gasteiger partial charge in [-0.1, -0.05) is 6.92 Å². The summed E-state index contributed by atoms with van der Waals surface area (Å²) in [6, 6.07) is 0. The standard InChI is InChI=1S/C9H16O5/c1-5-3-9(5,7(12)4-10)14-8(13)6(2)11/h5-7,10-12H,3-4H2,1-2H3. The maximum Gasteiger partial charge on any atom is 0.335 e. The van der Waals surface area contributed by atoms with Crippen molar-refractivity contribution in [2.75, 3.05) is 6.61 Å². The van der Waals surface area contributed by atoms with Crippen LogP contribution < -0.4 is 0 Å². The Morgan fingerprint density at radius 3 is 2.43 bits per heavy atom. The van der Waals surface area contributed by atoms with Crippen LogP contribution in [0.2, 0.25) is 0 Å². The fourth-order valence-corrected chi connectivity index (χ4v) is 1.52. The van der Waals surface area contributed by atoms with Gasteiger partial charge in [0.1, 0.15) is 17.8 Å². The fourth-order valence-electron chi connectivity index (χ4n) is 1.52. The monoisotopic (exact) mass is 204 g/mol. The minimum atomic E-state index is -1.20. The van der Waals surface area contributed by atoms with Crippen LogP contribution in [0.25, 0.3) is 0 Å². The molecule has 5 heteroatoms. The molecule has 5 nitrogen and oxygen atoms in total. The summed E-state index contributed by atoms with van der Waals surface area (Å²) in [7, 11) is 0. The van der Waals surface area contributed by atoms with Gasteiger partial charge in [-0.3, -0.25) is 0 Å². The minimum Gasteiger partial charge on any atom is -0.454 e. The second-order valence-corrected chi connectivity index (χ2v) is 3.86. The molecule has 1 fully saturated rings. The Kier molecular flexibility index (Phi) is 3.14. The topological polar surface area (TPSA) is 87.0 Å². The van der Waals surface area contributed by atoms with Crippen LogP contribution in [0.3, 0.4) is 0 Å². The Hall–Kier alpha value is -0.650. The van der Waals surface area contributed by atoms with Gasteiger partial charge in [-0.2, -0.15) is 0 Å². The van der Waals surface area contributed by atoms with Crippen LogP contribution in [0, 0.1) is 5.92 Å². The number of hydrogen-bond donors (Lipinski definition) is 3. The van der Waals surface area contributed by atoms with Crippen molar-refractivity contribution in [3.05, 3.63) is 0 Å². The summed E-state index contributed by atoms with van der Waals surface area (Å²) in [4.78, 5) is 11.1. The molecular formula is C9H16O5. The molecule has 0 heterocycles. The van der Waals surface area contributed by atoms with E-state index in [-0.39, 0.29) is 5.92 Å². The van der Waals surface area contributed by atoms with Crippen molar-refractivity contribution < 1.29 is 24.9 Å². The largest absolute Gasteiger partial charge is 0.454 e. The molecule has 0 spiro atoms. The highest BCUT2D eigenvalue weighted by Gasteiger charge is 2.60. The van der Waals surface area contributed by atoms with E-state index in [2.05, 4.69) is 0 Å². The Bertz CT molecular complexity index is 227. The van der Waals surface area contributed by atoms with E-state index >= 15 is 0 Å². The van der Waals surface area contributed by atoms with E-state index in [0.717, 1.165) is 0 Å². The van der Waals surface area contributed by atoms with E-state index in [0.29, 0.717) is 6.42 Å². The smallest absolute Gasteiger partial charge is 0.335 e. The quantitative estimate of drug-likeness (QED) is 0.513. The number of aliphatic hydroxyl groups is 3. The Labute approximate surface area is 82.3 Å². The van der Waals surface area contributed by atoms with Crippen LogP contribution in [-0.4, -0.2) is 45.7 Å². The van der Waals surface area contributed by atoms with Gasteiger partial charge in [-0.25, -0.2) is 4.79 Å². The summed E-state index contributed by atoms with van der Waals surface area (Å²) in [5.74, 6) is -0.741. The number of hydrogen-bond acceptors (Lipinski definition) is 5. The zero-order chi connectivity index (χ0) is 10.9. The summed E-state index contributed by atoms with van der Waals surface area (Å²) in [6.07, 6.45) is -1.75. The zero-order valence-corrected chi connectivity index (χ0v) is 8.30. The molecule has 14 heavy (non-hydrogen) atoms. The molecule has 3 N–H and O–H groups in total. The van der Waals surface area contributed by atoms with Crippen molar-refractivity contribution in [2.45, 2.75) is 38.1 Å². The lowest BCUT2D eigenvalue weighted by Crippen LogP contribution is -2.40. The number of esters is 1. The summed E-state index contributed by atoms with van der Waals surface area (Å²) in [5, 5.41) is 27.2. The lowest BCUT2D eigenvalue weighted by molar-refractivity contribution is -0.170. The molecule has 4 atom stereocenters. The minimum absolute atomic E-state index is 0.0207. The first-order chi connectivity index (χ1) is 6.44. The molecular weight excluding hydrogens is 188 g/mol. The van der Waals surface area contributed by atoms with Crippen LogP contribution in [0.15, 0.2) is 0 Å². The summed E-state index contributed by atoms with van der Waals surface area (Å²) < 4.78 is 4.98. The van der Waals surface area contributed by atoms with Crippen LogP contribution in [-0.2, 0) is 9.53 Å². The molecule has 0 saturated heterocycles. The first kappa shape index (κ1) is 11.4. The molecule has 0 aromatic heterocycles. The number of aliphatic hydroxyl groups excluding tert-OH is 3. The molecule has 1 saturated carbocycles. The molecule has 0 aliphatic heterocycles. The van der Waals surface area contributed by atoms with Crippen LogP contribution >= 0.6 is 0 Å². The van der Waals surface area contributed by atoms with E-state index in [1.807, 2.05) is 6.92 Å². The number of carbonyl (C=O) groups is 1. The Morgan fingerprint density at radius 2 is 2.14 bits per heavy atom. The first-order valence-corrected chi connectivity index (χ1v) is 4.64. The van der Waals surface area contributed by atoms with Gasteiger partial charge in [0.2, 0.25) is 0 Å². The summed E-state index contributed by atoms with van der Waals surface area (Å²) in [5.41, 5.74) is -0.983. The van der Waals surface area contributed by atoms with Gasteiger partial charge in [0.15, 0.2) is 0 Å². The van der Waals surface area contributed by atoms with Crippen molar-refractivity contribution >= 4 is 5.97 Å². The highest BCUT2D eigenvalue weighted by Crippen LogP contribution is 2.49. The molecule has 1 aliphatic rings. The molecule has 1 aliphatic carbocycles. The molecule has 0 bridgehead atoms. The third-order valence-corrected chi connectivity index (χ3v) is 2.67. The zero-order valence-electron chi connectivity index (χ0n) is 8.30. The highest BCUT2D eigenvalue weighted by molar-refractivity contribution is 5.74. The predicted molar refractivity (Wildman–Crippen MR) is 47.4 cm³/mol. The molecule has 0 radical (unpaired) electrons. The normalized spacial score (nSPS) is 34.8. The molecule has 0 aromatic carbocycles. The summed E-state index contributed by atoms with van der Waals surface area (Å²) >= 11 is 0. The molecule has 4 unspecified atom stereocenters. The van der Waals surface area contributed by atoms with E-state index in [9.17, 15) is 9.90 Å². The summed E-state index contributed by atoms with van der Waals surface area (Å²) in [6.45, 7) is 2.67. The van der Waals surface area contributed by atoms with Crippen molar-refractivity contribution in [3.63, 3.8) is 0 Å². The highest BCUT2D eigenvalue weighted by atomic mass is 16.6. The third-order valence-electron chi connectivity index (χ3n) is 2.67.